The molecule has 1 aromatic rings. The van der Waals surface area contributed by atoms with Crippen LogP contribution in [-0.2, 0) is 6.54 Å². The molecule has 2 unspecified atom stereocenters. The van der Waals surface area contributed by atoms with Gasteiger partial charge in [-0.2, -0.15) is 0 Å². The standard InChI is InChI=1S/C13H18FNO/c14-12-6-2-1-4-10(12)8-15-13-7-3-5-11(13)9-16/h1-2,4,6,11,13,15-16H,3,5,7-9H2. The zero-order valence-corrected chi connectivity index (χ0v) is 9.32. The maximum absolute atomic E-state index is 13.4. The first-order valence-electron chi connectivity index (χ1n) is 5.89. The van der Waals surface area contributed by atoms with Gasteiger partial charge in [-0.15, -0.1) is 0 Å². The second-order valence-electron chi connectivity index (χ2n) is 4.45. The van der Waals surface area contributed by atoms with Gasteiger partial charge < -0.3 is 10.4 Å². The number of nitrogens with one attached hydrogen (secondary N) is 1. The van der Waals surface area contributed by atoms with Crippen LogP contribution in [0, 0.1) is 11.7 Å². The minimum absolute atomic E-state index is 0.159. The lowest BCUT2D eigenvalue weighted by molar-refractivity contribution is 0.205. The summed E-state index contributed by atoms with van der Waals surface area (Å²) < 4.78 is 13.4. The molecule has 3 heteroatoms. The first-order chi connectivity index (χ1) is 7.81. The molecule has 2 N–H and O–H groups in total. The Morgan fingerprint density at radius 3 is 2.88 bits per heavy atom. The van der Waals surface area contributed by atoms with Gasteiger partial charge in [-0.05, 0) is 24.8 Å². The Kier molecular flexibility index (Phi) is 3.91. The zero-order chi connectivity index (χ0) is 11.4. The largest absolute Gasteiger partial charge is 0.396 e. The molecule has 2 rings (SSSR count). The molecule has 1 saturated carbocycles. The number of hydrogen-bond acceptors (Lipinski definition) is 2. The SMILES string of the molecule is OCC1CCCC1NCc1ccccc1F. The Hall–Kier alpha value is -0.930. The van der Waals surface area contributed by atoms with Crippen LogP contribution in [0.25, 0.3) is 0 Å². The fourth-order valence-corrected chi connectivity index (χ4v) is 2.41. The van der Waals surface area contributed by atoms with Crippen molar-refractivity contribution in [3.8, 4) is 0 Å². The minimum Gasteiger partial charge on any atom is -0.396 e. The van der Waals surface area contributed by atoms with Crippen molar-refractivity contribution < 1.29 is 9.50 Å². The van der Waals surface area contributed by atoms with Crippen LogP contribution in [0.2, 0.25) is 0 Å². The van der Waals surface area contributed by atoms with E-state index in [9.17, 15) is 9.50 Å². The van der Waals surface area contributed by atoms with E-state index in [1.807, 2.05) is 6.07 Å². The Balaban J connectivity index is 1.90. The quantitative estimate of drug-likeness (QED) is 0.819. The van der Waals surface area contributed by atoms with Crippen LogP contribution in [-0.4, -0.2) is 17.8 Å². The normalized spacial score (nSPS) is 24.9. The topological polar surface area (TPSA) is 32.3 Å². The third kappa shape index (κ3) is 2.60. The highest BCUT2D eigenvalue weighted by atomic mass is 19.1. The maximum atomic E-state index is 13.4. The second kappa shape index (κ2) is 5.41. The number of aliphatic hydroxyl groups excluding tert-OH is 1. The lowest BCUT2D eigenvalue weighted by Gasteiger charge is -2.19. The molecule has 88 valence electrons. The van der Waals surface area contributed by atoms with E-state index in [1.165, 1.54) is 6.07 Å². The summed E-state index contributed by atoms with van der Waals surface area (Å²) in [4.78, 5) is 0. The Labute approximate surface area is 95.5 Å². The van der Waals surface area contributed by atoms with Crippen LogP contribution in [0.1, 0.15) is 24.8 Å². The number of halogens is 1. The van der Waals surface area contributed by atoms with Crippen LogP contribution in [0.3, 0.4) is 0 Å². The Bertz CT molecular complexity index is 342. The van der Waals surface area contributed by atoms with Gasteiger partial charge in [-0.1, -0.05) is 24.6 Å². The maximum Gasteiger partial charge on any atom is 0.127 e. The van der Waals surface area contributed by atoms with Crippen molar-refractivity contribution in [3.63, 3.8) is 0 Å². The third-order valence-electron chi connectivity index (χ3n) is 3.41. The van der Waals surface area contributed by atoms with Crippen LogP contribution >= 0.6 is 0 Å². The van der Waals surface area contributed by atoms with Crippen LogP contribution in [0.5, 0.6) is 0 Å². The van der Waals surface area contributed by atoms with E-state index in [0.29, 0.717) is 24.1 Å². The van der Waals surface area contributed by atoms with Crippen molar-refractivity contribution in [1.82, 2.24) is 5.32 Å². The lowest BCUT2D eigenvalue weighted by Crippen LogP contribution is -2.33. The van der Waals surface area contributed by atoms with Gasteiger partial charge in [0.15, 0.2) is 0 Å². The summed E-state index contributed by atoms with van der Waals surface area (Å²) in [5.74, 6) is 0.181. The average molecular weight is 223 g/mol. The molecule has 1 aliphatic carbocycles. The second-order valence-corrected chi connectivity index (χ2v) is 4.45. The molecule has 0 aromatic heterocycles. The van der Waals surface area contributed by atoms with Gasteiger partial charge in [0.2, 0.25) is 0 Å². The minimum atomic E-state index is -0.159. The van der Waals surface area contributed by atoms with E-state index in [1.54, 1.807) is 12.1 Å². The summed E-state index contributed by atoms with van der Waals surface area (Å²) in [5.41, 5.74) is 0.700. The molecule has 1 aliphatic rings. The molecule has 16 heavy (non-hydrogen) atoms. The summed E-state index contributed by atoms with van der Waals surface area (Å²) in [7, 11) is 0. The summed E-state index contributed by atoms with van der Waals surface area (Å²) in [6.45, 7) is 0.781. The molecule has 0 radical (unpaired) electrons. The van der Waals surface area contributed by atoms with E-state index in [4.69, 9.17) is 0 Å². The van der Waals surface area contributed by atoms with Gasteiger partial charge >= 0.3 is 0 Å². The molecule has 0 spiro atoms. The van der Waals surface area contributed by atoms with Gasteiger partial charge in [-0.25, -0.2) is 4.39 Å². The zero-order valence-electron chi connectivity index (χ0n) is 9.32. The predicted octanol–water partition coefficient (Wildman–Crippen LogP) is 2.08. The molecule has 0 amide bonds. The number of hydrogen-bond donors (Lipinski definition) is 2. The highest BCUT2D eigenvalue weighted by molar-refractivity contribution is 5.17. The smallest absolute Gasteiger partial charge is 0.127 e. The van der Waals surface area contributed by atoms with Gasteiger partial charge in [0, 0.05) is 24.8 Å². The first kappa shape index (κ1) is 11.6. The summed E-state index contributed by atoms with van der Waals surface area (Å²) >= 11 is 0. The number of aliphatic hydroxyl groups is 1. The molecule has 0 saturated heterocycles. The van der Waals surface area contributed by atoms with E-state index < -0.39 is 0 Å². The molecular weight excluding hydrogens is 205 g/mol. The predicted molar refractivity (Wildman–Crippen MR) is 61.5 cm³/mol. The molecule has 2 atom stereocenters. The molecule has 2 nitrogen and oxygen atoms in total. The summed E-state index contributed by atoms with van der Waals surface area (Å²) in [6, 6.07) is 7.16. The summed E-state index contributed by atoms with van der Waals surface area (Å²) in [5, 5.41) is 12.5. The van der Waals surface area contributed by atoms with Gasteiger partial charge in [-0.3, -0.25) is 0 Å². The number of rotatable bonds is 4. The molecule has 0 aliphatic heterocycles. The van der Waals surface area contributed by atoms with E-state index in [0.717, 1.165) is 19.3 Å². The summed E-state index contributed by atoms with van der Waals surface area (Å²) in [6.07, 6.45) is 3.31. The highest BCUT2D eigenvalue weighted by Crippen LogP contribution is 2.25. The fourth-order valence-electron chi connectivity index (χ4n) is 2.41. The van der Waals surface area contributed by atoms with Crippen molar-refractivity contribution in [2.75, 3.05) is 6.61 Å². The molecule has 0 bridgehead atoms. The van der Waals surface area contributed by atoms with Crippen molar-refractivity contribution in [1.29, 1.82) is 0 Å². The van der Waals surface area contributed by atoms with Gasteiger partial charge in [0.25, 0.3) is 0 Å². The molecule has 1 aromatic carbocycles. The Morgan fingerprint density at radius 1 is 1.31 bits per heavy atom. The Morgan fingerprint density at radius 2 is 2.12 bits per heavy atom. The van der Waals surface area contributed by atoms with Crippen molar-refractivity contribution in [2.45, 2.75) is 31.8 Å². The van der Waals surface area contributed by atoms with Gasteiger partial charge in [0.05, 0.1) is 0 Å². The molecule has 1 fully saturated rings. The lowest BCUT2D eigenvalue weighted by atomic mass is 10.0. The van der Waals surface area contributed by atoms with E-state index >= 15 is 0 Å². The van der Waals surface area contributed by atoms with Crippen molar-refractivity contribution in [3.05, 3.63) is 35.6 Å². The van der Waals surface area contributed by atoms with E-state index in [2.05, 4.69) is 5.32 Å². The fraction of sp³-hybridized carbons (Fsp3) is 0.538. The number of benzene rings is 1. The van der Waals surface area contributed by atoms with Crippen LogP contribution in [0.15, 0.2) is 24.3 Å². The van der Waals surface area contributed by atoms with Crippen LogP contribution < -0.4 is 5.32 Å². The van der Waals surface area contributed by atoms with Crippen LogP contribution in [0.4, 0.5) is 4.39 Å². The monoisotopic (exact) mass is 223 g/mol. The molecule has 0 heterocycles. The first-order valence-corrected chi connectivity index (χ1v) is 5.89. The van der Waals surface area contributed by atoms with E-state index in [-0.39, 0.29) is 12.4 Å². The van der Waals surface area contributed by atoms with Gasteiger partial charge in [0.1, 0.15) is 5.82 Å². The average Bonchev–Trinajstić information content (AvgIpc) is 2.75. The van der Waals surface area contributed by atoms with Crippen molar-refractivity contribution >= 4 is 0 Å². The molecular formula is C13H18FNO. The highest BCUT2D eigenvalue weighted by Gasteiger charge is 2.25. The van der Waals surface area contributed by atoms with Crippen molar-refractivity contribution in [2.24, 2.45) is 5.92 Å². The third-order valence-corrected chi connectivity index (χ3v) is 3.41.